The molecule has 20 heavy (non-hydrogen) atoms. The summed E-state index contributed by atoms with van der Waals surface area (Å²) in [7, 11) is 0. The highest BCUT2D eigenvalue weighted by Gasteiger charge is 2.07. The first-order valence-electron chi connectivity index (χ1n) is 6.74. The van der Waals surface area contributed by atoms with Crippen LogP contribution in [0, 0.1) is 5.82 Å². The molecule has 0 aliphatic rings. The molecular formula is C14H19FN4S. The predicted molar refractivity (Wildman–Crippen MR) is 80.5 cm³/mol. The van der Waals surface area contributed by atoms with E-state index in [1.54, 1.807) is 12.1 Å². The molecule has 1 aromatic carbocycles. The van der Waals surface area contributed by atoms with Gasteiger partial charge in [0, 0.05) is 30.5 Å². The molecule has 0 saturated heterocycles. The molecule has 0 radical (unpaired) electrons. The number of nitrogens with one attached hydrogen (secondary N) is 1. The summed E-state index contributed by atoms with van der Waals surface area (Å²) in [6.45, 7) is 2.82. The van der Waals surface area contributed by atoms with Crippen LogP contribution in [0.15, 0.2) is 24.3 Å². The average Bonchev–Trinajstić information content (AvgIpc) is 2.87. The summed E-state index contributed by atoms with van der Waals surface area (Å²) >= 11 is 1.33. The van der Waals surface area contributed by atoms with Gasteiger partial charge in [-0.05, 0) is 24.1 Å². The largest absolute Gasteiger partial charge is 0.359 e. The van der Waals surface area contributed by atoms with Gasteiger partial charge in [0.15, 0.2) is 0 Å². The van der Waals surface area contributed by atoms with Crippen molar-refractivity contribution in [3.05, 3.63) is 41.5 Å². The molecule has 2 rings (SSSR count). The normalized spacial score (nSPS) is 12.3. The fourth-order valence-corrected chi connectivity index (χ4v) is 2.46. The quantitative estimate of drug-likeness (QED) is 0.824. The molecule has 2 aromatic rings. The lowest BCUT2D eigenvalue weighted by Gasteiger charge is -2.09. The lowest BCUT2D eigenvalue weighted by atomic mass is 10.1. The van der Waals surface area contributed by atoms with Crippen LogP contribution in [0.4, 0.5) is 9.52 Å². The molecule has 1 unspecified atom stereocenters. The fraction of sp³-hybridized carbons (Fsp3) is 0.429. The molecule has 0 fully saturated rings. The van der Waals surface area contributed by atoms with Crippen molar-refractivity contribution in [1.29, 1.82) is 0 Å². The van der Waals surface area contributed by atoms with Crippen molar-refractivity contribution in [1.82, 2.24) is 9.36 Å². The summed E-state index contributed by atoms with van der Waals surface area (Å²) < 4.78 is 17.1. The number of rotatable bonds is 7. The second-order valence-corrected chi connectivity index (χ2v) is 5.50. The Morgan fingerprint density at radius 2 is 2.10 bits per heavy atom. The standard InChI is InChI=1S/C14H19FN4S/c1-2-3-12(16)9-17-14-18-13(19-20-14)8-10-4-6-11(15)7-5-10/h4-7,12H,2-3,8-9,16H2,1H3,(H,17,18,19). The third-order valence-corrected chi connectivity index (χ3v) is 3.63. The monoisotopic (exact) mass is 294 g/mol. The number of nitrogens with zero attached hydrogens (tertiary/aromatic N) is 2. The van der Waals surface area contributed by atoms with E-state index in [4.69, 9.17) is 5.73 Å². The number of benzene rings is 1. The third kappa shape index (κ3) is 4.54. The van der Waals surface area contributed by atoms with Crippen LogP contribution in [0.3, 0.4) is 0 Å². The third-order valence-electron chi connectivity index (χ3n) is 2.92. The van der Waals surface area contributed by atoms with Crippen LogP contribution < -0.4 is 11.1 Å². The minimum atomic E-state index is -0.229. The van der Waals surface area contributed by atoms with Crippen LogP contribution in [-0.2, 0) is 6.42 Å². The molecule has 6 heteroatoms. The number of nitrogens with two attached hydrogens (primary N) is 1. The van der Waals surface area contributed by atoms with E-state index >= 15 is 0 Å². The van der Waals surface area contributed by atoms with Gasteiger partial charge in [0.25, 0.3) is 0 Å². The van der Waals surface area contributed by atoms with E-state index in [1.165, 1.54) is 23.7 Å². The molecule has 0 bridgehead atoms. The molecule has 0 amide bonds. The van der Waals surface area contributed by atoms with Crippen LogP contribution in [0.1, 0.15) is 31.2 Å². The van der Waals surface area contributed by atoms with Gasteiger partial charge in [-0.15, -0.1) is 0 Å². The van der Waals surface area contributed by atoms with Crippen LogP contribution in [0.2, 0.25) is 0 Å². The van der Waals surface area contributed by atoms with Crippen molar-refractivity contribution in [3.8, 4) is 0 Å². The number of hydrogen-bond acceptors (Lipinski definition) is 5. The number of anilines is 1. The zero-order valence-corrected chi connectivity index (χ0v) is 12.3. The highest BCUT2D eigenvalue weighted by molar-refractivity contribution is 7.09. The molecule has 0 saturated carbocycles. The molecule has 0 aliphatic carbocycles. The first-order chi connectivity index (χ1) is 9.67. The van der Waals surface area contributed by atoms with Crippen molar-refractivity contribution < 1.29 is 4.39 Å². The number of hydrogen-bond donors (Lipinski definition) is 2. The zero-order chi connectivity index (χ0) is 14.4. The molecule has 0 aliphatic heterocycles. The Morgan fingerprint density at radius 1 is 1.35 bits per heavy atom. The van der Waals surface area contributed by atoms with Gasteiger partial charge in [-0.2, -0.15) is 4.37 Å². The van der Waals surface area contributed by atoms with Gasteiger partial charge in [-0.1, -0.05) is 25.5 Å². The molecular weight excluding hydrogens is 275 g/mol. The minimum Gasteiger partial charge on any atom is -0.359 e. The summed E-state index contributed by atoms with van der Waals surface area (Å²) in [5.41, 5.74) is 6.93. The maximum Gasteiger partial charge on any atom is 0.202 e. The van der Waals surface area contributed by atoms with Crippen molar-refractivity contribution >= 4 is 16.7 Å². The van der Waals surface area contributed by atoms with Crippen LogP contribution in [-0.4, -0.2) is 21.9 Å². The van der Waals surface area contributed by atoms with Gasteiger partial charge >= 0.3 is 0 Å². The Kier molecular flexibility index (Phi) is 5.43. The fourth-order valence-electron chi connectivity index (χ4n) is 1.87. The molecule has 1 atom stereocenters. The lowest BCUT2D eigenvalue weighted by molar-refractivity contribution is 0.626. The van der Waals surface area contributed by atoms with Gasteiger partial charge in [-0.3, -0.25) is 0 Å². The molecule has 108 valence electrons. The Morgan fingerprint density at radius 3 is 2.80 bits per heavy atom. The highest BCUT2D eigenvalue weighted by Crippen LogP contribution is 2.14. The highest BCUT2D eigenvalue weighted by atomic mass is 32.1. The smallest absolute Gasteiger partial charge is 0.202 e. The van der Waals surface area contributed by atoms with E-state index < -0.39 is 0 Å². The van der Waals surface area contributed by atoms with Crippen molar-refractivity contribution in [3.63, 3.8) is 0 Å². The molecule has 3 N–H and O–H groups in total. The maximum atomic E-state index is 12.8. The van der Waals surface area contributed by atoms with Gasteiger partial charge in [0.05, 0.1) is 0 Å². The summed E-state index contributed by atoms with van der Waals surface area (Å²) in [6, 6.07) is 6.54. The van der Waals surface area contributed by atoms with E-state index in [0.717, 1.165) is 29.4 Å². The van der Waals surface area contributed by atoms with E-state index in [9.17, 15) is 4.39 Å². The molecule has 0 spiro atoms. The summed E-state index contributed by atoms with van der Waals surface area (Å²) in [5, 5.41) is 3.99. The van der Waals surface area contributed by atoms with Crippen molar-refractivity contribution in [2.45, 2.75) is 32.2 Å². The summed E-state index contributed by atoms with van der Waals surface area (Å²) in [4.78, 5) is 4.41. The van der Waals surface area contributed by atoms with E-state index in [-0.39, 0.29) is 11.9 Å². The Hall–Kier alpha value is -1.53. The van der Waals surface area contributed by atoms with Crippen LogP contribution >= 0.6 is 11.5 Å². The van der Waals surface area contributed by atoms with Gasteiger partial charge in [0.2, 0.25) is 5.13 Å². The number of aromatic nitrogens is 2. The van der Waals surface area contributed by atoms with Crippen LogP contribution in [0.25, 0.3) is 0 Å². The van der Waals surface area contributed by atoms with E-state index in [0.29, 0.717) is 13.0 Å². The van der Waals surface area contributed by atoms with Gasteiger partial charge in [-0.25, -0.2) is 9.37 Å². The summed E-state index contributed by atoms with van der Waals surface area (Å²) in [5.74, 6) is 0.514. The lowest BCUT2D eigenvalue weighted by Crippen LogP contribution is -2.28. The zero-order valence-electron chi connectivity index (χ0n) is 11.5. The first-order valence-corrected chi connectivity index (χ1v) is 7.51. The second kappa shape index (κ2) is 7.31. The Balaban J connectivity index is 1.87. The average molecular weight is 294 g/mol. The van der Waals surface area contributed by atoms with Gasteiger partial charge < -0.3 is 11.1 Å². The van der Waals surface area contributed by atoms with Crippen molar-refractivity contribution in [2.24, 2.45) is 5.73 Å². The van der Waals surface area contributed by atoms with E-state index in [1.807, 2.05) is 0 Å². The SMILES string of the molecule is CCCC(N)CNc1nc(Cc2ccc(F)cc2)ns1. The topological polar surface area (TPSA) is 63.8 Å². The number of halogens is 1. The molecule has 1 aromatic heterocycles. The van der Waals surface area contributed by atoms with E-state index in [2.05, 4.69) is 21.6 Å². The Bertz CT molecular complexity index is 526. The predicted octanol–water partition coefficient (Wildman–Crippen LogP) is 2.81. The molecule has 4 nitrogen and oxygen atoms in total. The summed E-state index contributed by atoms with van der Waals surface area (Å²) in [6.07, 6.45) is 2.68. The van der Waals surface area contributed by atoms with Crippen LogP contribution in [0.5, 0.6) is 0 Å². The Labute approximate surface area is 122 Å². The first kappa shape index (κ1) is 14.9. The minimum absolute atomic E-state index is 0.143. The maximum absolute atomic E-state index is 12.8. The second-order valence-electron chi connectivity index (χ2n) is 4.75. The molecule has 1 heterocycles. The van der Waals surface area contributed by atoms with Gasteiger partial charge in [0.1, 0.15) is 11.6 Å². The van der Waals surface area contributed by atoms with Crippen molar-refractivity contribution in [2.75, 3.05) is 11.9 Å².